The number of aliphatic hydroxyl groups is 1. The van der Waals surface area contributed by atoms with Gasteiger partial charge in [-0.05, 0) is 18.1 Å². The number of piperazine rings is 1. The van der Waals surface area contributed by atoms with Gasteiger partial charge in [0.05, 0.1) is 16.7 Å². The van der Waals surface area contributed by atoms with E-state index < -0.39 is 0 Å². The Morgan fingerprint density at radius 2 is 1.90 bits per heavy atom. The fraction of sp³-hybridized carbons (Fsp3) is 0.533. The van der Waals surface area contributed by atoms with Gasteiger partial charge in [0.15, 0.2) is 0 Å². The van der Waals surface area contributed by atoms with E-state index in [0.29, 0.717) is 29.4 Å². The lowest BCUT2D eigenvalue weighted by Crippen LogP contribution is -2.49. The molecule has 1 N–H and O–H groups in total. The minimum Gasteiger partial charge on any atom is -0.395 e. The first-order valence-electron chi connectivity index (χ1n) is 7.15. The van der Waals surface area contributed by atoms with Crippen LogP contribution in [0.15, 0.2) is 18.2 Å². The number of carbonyl (C=O) groups excluding carboxylic acids is 1. The van der Waals surface area contributed by atoms with Crippen molar-refractivity contribution in [3.8, 4) is 0 Å². The highest BCUT2D eigenvalue weighted by Gasteiger charge is 2.20. The zero-order valence-corrected chi connectivity index (χ0v) is 13.4. The minimum absolute atomic E-state index is 0.148. The molecule has 0 atom stereocenters. The molecule has 116 valence electrons. The van der Waals surface area contributed by atoms with E-state index in [-0.39, 0.29) is 12.5 Å². The van der Waals surface area contributed by atoms with Gasteiger partial charge in [0.25, 0.3) is 0 Å². The molecule has 4 nitrogen and oxygen atoms in total. The van der Waals surface area contributed by atoms with Crippen LogP contribution in [0.25, 0.3) is 0 Å². The molecule has 6 heteroatoms. The molecule has 1 amide bonds. The largest absolute Gasteiger partial charge is 0.395 e. The van der Waals surface area contributed by atoms with E-state index in [2.05, 4.69) is 4.90 Å². The summed E-state index contributed by atoms with van der Waals surface area (Å²) >= 11 is 12.1. The van der Waals surface area contributed by atoms with Gasteiger partial charge in [-0.1, -0.05) is 35.3 Å². The Morgan fingerprint density at radius 3 is 2.57 bits per heavy atom. The number of rotatable bonds is 5. The Kier molecular flexibility index (Phi) is 6.30. The second-order valence-corrected chi connectivity index (χ2v) is 5.94. The molecule has 0 bridgehead atoms. The number of benzene rings is 1. The van der Waals surface area contributed by atoms with Gasteiger partial charge in [0.2, 0.25) is 5.91 Å². The molecule has 0 saturated carbocycles. The van der Waals surface area contributed by atoms with E-state index >= 15 is 0 Å². The van der Waals surface area contributed by atoms with Gasteiger partial charge < -0.3 is 10.0 Å². The van der Waals surface area contributed by atoms with Crippen molar-refractivity contribution in [2.24, 2.45) is 0 Å². The molecule has 0 unspecified atom stereocenters. The van der Waals surface area contributed by atoms with Gasteiger partial charge in [-0.3, -0.25) is 9.69 Å². The maximum Gasteiger partial charge on any atom is 0.222 e. The lowest BCUT2D eigenvalue weighted by Gasteiger charge is -2.34. The minimum atomic E-state index is 0.148. The van der Waals surface area contributed by atoms with Crippen LogP contribution in [-0.2, 0) is 11.2 Å². The van der Waals surface area contributed by atoms with E-state index in [1.54, 1.807) is 6.07 Å². The molecule has 1 aliphatic heterocycles. The molecule has 1 aromatic carbocycles. The normalized spacial score (nSPS) is 16.2. The number of aryl methyl sites for hydroxylation is 1. The van der Waals surface area contributed by atoms with Crippen LogP contribution in [0.2, 0.25) is 10.0 Å². The zero-order chi connectivity index (χ0) is 15.2. The summed E-state index contributed by atoms with van der Waals surface area (Å²) in [6, 6.07) is 5.50. The van der Waals surface area contributed by atoms with E-state index in [0.717, 1.165) is 31.7 Å². The summed E-state index contributed by atoms with van der Waals surface area (Å²) in [5.41, 5.74) is 0.913. The number of nitrogens with zero attached hydrogens (tertiary/aromatic N) is 2. The maximum atomic E-state index is 12.2. The van der Waals surface area contributed by atoms with Crippen LogP contribution in [0.4, 0.5) is 0 Å². The Morgan fingerprint density at radius 1 is 1.19 bits per heavy atom. The summed E-state index contributed by atoms with van der Waals surface area (Å²) in [6.45, 7) is 3.94. The average Bonchev–Trinajstić information content (AvgIpc) is 2.49. The van der Waals surface area contributed by atoms with Crippen molar-refractivity contribution in [1.29, 1.82) is 0 Å². The lowest BCUT2D eigenvalue weighted by atomic mass is 10.1. The fourth-order valence-electron chi connectivity index (χ4n) is 2.50. The van der Waals surface area contributed by atoms with Crippen molar-refractivity contribution in [2.75, 3.05) is 39.3 Å². The summed E-state index contributed by atoms with van der Waals surface area (Å²) in [7, 11) is 0. The van der Waals surface area contributed by atoms with Gasteiger partial charge in [-0.25, -0.2) is 0 Å². The number of hydrogen-bond acceptors (Lipinski definition) is 3. The first-order chi connectivity index (χ1) is 10.1. The molecule has 1 aliphatic rings. The first kappa shape index (κ1) is 16.6. The number of β-amino-alcohol motifs (C(OH)–C–C–N with tert-alkyl or cyclic N) is 1. The van der Waals surface area contributed by atoms with E-state index in [4.69, 9.17) is 28.3 Å². The molecule has 0 spiro atoms. The predicted molar refractivity (Wildman–Crippen MR) is 84.9 cm³/mol. The number of hydrogen-bond donors (Lipinski definition) is 1. The smallest absolute Gasteiger partial charge is 0.222 e. The number of carbonyl (C=O) groups is 1. The van der Waals surface area contributed by atoms with Crippen LogP contribution in [0.5, 0.6) is 0 Å². The summed E-state index contributed by atoms with van der Waals surface area (Å²) in [5.74, 6) is 0.148. The SMILES string of the molecule is O=C(CCc1cccc(Cl)c1Cl)N1CCN(CCO)CC1. The Balaban J connectivity index is 1.81. The summed E-state index contributed by atoms with van der Waals surface area (Å²) in [4.78, 5) is 16.3. The highest BCUT2D eigenvalue weighted by Crippen LogP contribution is 2.26. The highest BCUT2D eigenvalue weighted by molar-refractivity contribution is 6.42. The number of aliphatic hydroxyl groups excluding tert-OH is 1. The average molecular weight is 331 g/mol. The summed E-state index contributed by atoms with van der Waals surface area (Å²) in [5, 5.41) is 9.98. The summed E-state index contributed by atoms with van der Waals surface area (Å²) in [6.07, 6.45) is 1.05. The monoisotopic (exact) mass is 330 g/mol. The third kappa shape index (κ3) is 4.58. The standard InChI is InChI=1S/C15H20Cl2N2O2/c16-13-3-1-2-12(15(13)17)4-5-14(21)19-8-6-18(7-9-19)10-11-20/h1-3,20H,4-11H2. The van der Waals surface area contributed by atoms with Crippen molar-refractivity contribution >= 4 is 29.1 Å². The molecule has 1 fully saturated rings. The van der Waals surface area contributed by atoms with E-state index in [1.807, 2.05) is 17.0 Å². The van der Waals surface area contributed by atoms with E-state index in [1.165, 1.54) is 0 Å². The molecule has 1 aromatic rings. The number of amides is 1. The van der Waals surface area contributed by atoms with Crippen molar-refractivity contribution in [3.63, 3.8) is 0 Å². The van der Waals surface area contributed by atoms with Crippen molar-refractivity contribution in [3.05, 3.63) is 33.8 Å². The van der Waals surface area contributed by atoms with Gasteiger partial charge in [0.1, 0.15) is 0 Å². The van der Waals surface area contributed by atoms with Gasteiger partial charge >= 0.3 is 0 Å². The second-order valence-electron chi connectivity index (χ2n) is 5.16. The Hall–Kier alpha value is -0.810. The third-order valence-corrected chi connectivity index (χ3v) is 4.64. The van der Waals surface area contributed by atoms with Crippen LogP contribution >= 0.6 is 23.2 Å². The van der Waals surface area contributed by atoms with Gasteiger partial charge in [-0.15, -0.1) is 0 Å². The van der Waals surface area contributed by atoms with Gasteiger partial charge in [0, 0.05) is 39.1 Å². The molecular weight excluding hydrogens is 311 g/mol. The quantitative estimate of drug-likeness (QED) is 0.898. The van der Waals surface area contributed by atoms with Crippen LogP contribution in [-0.4, -0.2) is 60.1 Å². The number of halogens is 2. The predicted octanol–water partition coefficient (Wildman–Crippen LogP) is 2.06. The lowest BCUT2D eigenvalue weighted by molar-refractivity contribution is -0.132. The van der Waals surface area contributed by atoms with Crippen LogP contribution < -0.4 is 0 Å². The third-order valence-electron chi connectivity index (χ3n) is 3.78. The fourth-order valence-corrected chi connectivity index (χ4v) is 2.92. The molecule has 0 radical (unpaired) electrons. The van der Waals surface area contributed by atoms with Crippen LogP contribution in [0.1, 0.15) is 12.0 Å². The highest BCUT2D eigenvalue weighted by atomic mass is 35.5. The second kappa shape index (κ2) is 7.99. The van der Waals surface area contributed by atoms with Crippen LogP contribution in [0, 0.1) is 0 Å². The molecule has 2 rings (SSSR count). The molecule has 0 aliphatic carbocycles. The van der Waals surface area contributed by atoms with E-state index in [9.17, 15) is 4.79 Å². The van der Waals surface area contributed by atoms with Crippen molar-refractivity contribution in [1.82, 2.24) is 9.80 Å². The first-order valence-corrected chi connectivity index (χ1v) is 7.91. The molecule has 21 heavy (non-hydrogen) atoms. The maximum absolute atomic E-state index is 12.2. The zero-order valence-electron chi connectivity index (χ0n) is 11.9. The molecular formula is C15H20Cl2N2O2. The Labute approximate surface area is 135 Å². The van der Waals surface area contributed by atoms with Crippen LogP contribution in [0.3, 0.4) is 0 Å². The molecule has 1 heterocycles. The van der Waals surface area contributed by atoms with Crippen molar-refractivity contribution < 1.29 is 9.90 Å². The topological polar surface area (TPSA) is 43.8 Å². The molecule has 0 aromatic heterocycles. The summed E-state index contributed by atoms with van der Waals surface area (Å²) < 4.78 is 0. The van der Waals surface area contributed by atoms with Gasteiger partial charge in [-0.2, -0.15) is 0 Å². The Bertz CT molecular complexity index is 489. The van der Waals surface area contributed by atoms with Crippen molar-refractivity contribution in [2.45, 2.75) is 12.8 Å². The molecule has 1 saturated heterocycles.